The molecule has 0 aliphatic rings. The number of nitrogens with one attached hydrogen (secondary N) is 1. The molecule has 1 rings (SSSR count). The molecule has 0 aliphatic heterocycles. The van der Waals surface area contributed by atoms with Crippen LogP contribution in [-0.2, 0) is 13.5 Å². The van der Waals surface area contributed by atoms with Gasteiger partial charge in [0.2, 0.25) is 0 Å². The highest BCUT2D eigenvalue weighted by molar-refractivity contribution is 6.30. The molecule has 0 aliphatic carbocycles. The van der Waals surface area contributed by atoms with E-state index in [-0.39, 0.29) is 5.54 Å². The maximum absolute atomic E-state index is 6.23. The number of rotatable bonds is 5. The molecule has 104 valence electrons. The standard InChI is InChI=1S/C14H26ClN3/c1-10(9-16-14(3,4)5)7-8-12-11(2)17-18(6)13(12)15/h10,16H,7-9H2,1-6H3. The zero-order valence-electron chi connectivity index (χ0n) is 12.5. The topological polar surface area (TPSA) is 29.9 Å². The minimum atomic E-state index is 0.191. The predicted octanol–water partition coefficient (Wildman–Crippen LogP) is 3.34. The van der Waals surface area contributed by atoms with Crippen LogP contribution < -0.4 is 5.32 Å². The van der Waals surface area contributed by atoms with Crippen molar-refractivity contribution in [2.75, 3.05) is 6.54 Å². The van der Waals surface area contributed by atoms with Gasteiger partial charge in [0, 0.05) is 18.2 Å². The average molecular weight is 272 g/mol. The summed E-state index contributed by atoms with van der Waals surface area (Å²) in [5.74, 6) is 0.639. The van der Waals surface area contributed by atoms with Gasteiger partial charge in [-0.25, -0.2) is 0 Å². The summed E-state index contributed by atoms with van der Waals surface area (Å²) in [6, 6.07) is 0. The summed E-state index contributed by atoms with van der Waals surface area (Å²) in [5.41, 5.74) is 2.44. The van der Waals surface area contributed by atoms with Gasteiger partial charge in [-0.05, 0) is 53.0 Å². The van der Waals surface area contributed by atoms with Crippen molar-refractivity contribution in [3.63, 3.8) is 0 Å². The Kier molecular flexibility index (Phi) is 5.23. The summed E-state index contributed by atoms with van der Waals surface area (Å²) >= 11 is 6.23. The zero-order chi connectivity index (χ0) is 13.9. The van der Waals surface area contributed by atoms with Gasteiger partial charge < -0.3 is 5.32 Å². The number of hydrogen-bond acceptors (Lipinski definition) is 2. The van der Waals surface area contributed by atoms with Gasteiger partial charge in [0.15, 0.2) is 0 Å². The fraction of sp³-hybridized carbons (Fsp3) is 0.786. The van der Waals surface area contributed by atoms with E-state index in [0.29, 0.717) is 5.92 Å². The molecule has 1 heterocycles. The number of halogens is 1. The van der Waals surface area contributed by atoms with E-state index in [2.05, 4.69) is 38.1 Å². The fourth-order valence-electron chi connectivity index (χ4n) is 1.93. The number of aryl methyl sites for hydroxylation is 2. The van der Waals surface area contributed by atoms with Crippen LogP contribution in [0.15, 0.2) is 0 Å². The molecule has 1 aromatic rings. The molecule has 0 bridgehead atoms. The molecule has 0 fully saturated rings. The quantitative estimate of drug-likeness (QED) is 0.890. The minimum absolute atomic E-state index is 0.191. The molecule has 0 spiro atoms. The highest BCUT2D eigenvalue weighted by atomic mass is 35.5. The lowest BCUT2D eigenvalue weighted by Crippen LogP contribution is -2.38. The first kappa shape index (κ1) is 15.5. The van der Waals surface area contributed by atoms with Crippen molar-refractivity contribution in [3.8, 4) is 0 Å². The predicted molar refractivity (Wildman–Crippen MR) is 78.2 cm³/mol. The molecule has 0 saturated carbocycles. The molecular formula is C14H26ClN3. The Morgan fingerprint density at radius 2 is 2.00 bits per heavy atom. The molecule has 0 radical (unpaired) electrons. The molecule has 0 saturated heterocycles. The van der Waals surface area contributed by atoms with Crippen molar-refractivity contribution in [2.24, 2.45) is 13.0 Å². The van der Waals surface area contributed by atoms with Gasteiger partial charge in [0.1, 0.15) is 5.15 Å². The molecule has 1 atom stereocenters. The first-order chi connectivity index (χ1) is 8.20. The second-order valence-corrected chi connectivity index (χ2v) is 6.61. The molecule has 1 aromatic heterocycles. The van der Waals surface area contributed by atoms with Gasteiger partial charge in [-0.2, -0.15) is 5.10 Å². The summed E-state index contributed by atoms with van der Waals surface area (Å²) in [5, 5.41) is 8.66. The van der Waals surface area contributed by atoms with Crippen molar-refractivity contribution in [3.05, 3.63) is 16.4 Å². The van der Waals surface area contributed by atoms with Crippen molar-refractivity contribution in [1.82, 2.24) is 15.1 Å². The lowest BCUT2D eigenvalue weighted by Gasteiger charge is -2.23. The van der Waals surface area contributed by atoms with Crippen LogP contribution in [0.2, 0.25) is 5.15 Å². The van der Waals surface area contributed by atoms with Crippen molar-refractivity contribution >= 4 is 11.6 Å². The highest BCUT2D eigenvalue weighted by Gasteiger charge is 2.14. The van der Waals surface area contributed by atoms with Crippen LogP contribution in [0.3, 0.4) is 0 Å². The van der Waals surface area contributed by atoms with Gasteiger partial charge in [0.05, 0.1) is 5.69 Å². The third kappa shape index (κ3) is 4.62. The van der Waals surface area contributed by atoms with Crippen LogP contribution in [0.4, 0.5) is 0 Å². The summed E-state index contributed by atoms with van der Waals surface area (Å²) in [6.45, 7) is 11.9. The Hall–Kier alpha value is -0.540. The molecule has 4 heteroatoms. The van der Waals surface area contributed by atoms with Gasteiger partial charge >= 0.3 is 0 Å². The van der Waals surface area contributed by atoms with E-state index in [9.17, 15) is 0 Å². The minimum Gasteiger partial charge on any atom is -0.312 e. The molecule has 0 amide bonds. The molecule has 1 unspecified atom stereocenters. The van der Waals surface area contributed by atoms with Gasteiger partial charge in [-0.1, -0.05) is 18.5 Å². The maximum Gasteiger partial charge on any atom is 0.130 e. The van der Waals surface area contributed by atoms with E-state index in [1.54, 1.807) is 4.68 Å². The summed E-state index contributed by atoms with van der Waals surface area (Å²) in [6.07, 6.45) is 2.14. The average Bonchev–Trinajstić information content (AvgIpc) is 2.47. The van der Waals surface area contributed by atoms with E-state index in [1.807, 2.05) is 14.0 Å². The third-order valence-corrected chi connectivity index (χ3v) is 3.61. The first-order valence-electron chi connectivity index (χ1n) is 6.63. The second kappa shape index (κ2) is 6.07. The van der Waals surface area contributed by atoms with Crippen LogP contribution >= 0.6 is 11.6 Å². The lowest BCUT2D eigenvalue weighted by atomic mass is 10.00. The van der Waals surface area contributed by atoms with Crippen molar-refractivity contribution in [2.45, 2.75) is 53.0 Å². The fourth-order valence-corrected chi connectivity index (χ4v) is 2.20. The molecule has 18 heavy (non-hydrogen) atoms. The second-order valence-electron chi connectivity index (χ2n) is 6.25. The van der Waals surface area contributed by atoms with Crippen LogP contribution in [0, 0.1) is 12.8 Å². The smallest absolute Gasteiger partial charge is 0.130 e. The van der Waals surface area contributed by atoms with Gasteiger partial charge in [-0.15, -0.1) is 0 Å². The zero-order valence-corrected chi connectivity index (χ0v) is 13.2. The van der Waals surface area contributed by atoms with E-state index >= 15 is 0 Å². The Bertz CT molecular complexity index is 390. The molecule has 0 aromatic carbocycles. The largest absolute Gasteiger partial charge is 0.312 e. The van der Waals surface area contributed by atoms with Crippen molar-refractivity contribution < 1.29 is 0 Å². The SMILES string of the molecule is Cc1nn(C)c(Cl)c1CCC(C)CNC(C)(C)C. The lowest BCUT2D eigenvalue weighted by molar-refractivity contribution is 0.372. The van der Waals surface area contributed by atoms with Crippen LogP contribution in [0.5, 0.6) is 0 Å². The number of aromatic nitrogens is 2. The first-order valence-corrected chi connectivity index (χ1v) is 7.01. The summed E-state index contributed by atoms with van der Waals surface area (Å²) < 4.78 is 1.75. The van der Waals surface area contributed by atoms with Gasteiger partial charge in [-0.3, -0.25) is 4.68 Å². The maximum atomic E-state index is 6.23. The van der Waals surface area contributed by atoms with E-state index in [0.717, 1.165) is 30.2 Å². The molecule has 1 N–H and O–H groups in total. The monoisotopic (exact) mass is 271 g/mol. The number of nitrogens with zero attached hydrogens (tertiary/aromatic N) is 2. The van der Waals surface area contributed by atoms with Crippen LogP contribution in [-0.4, -0.2) is 21.9 Å². The Labute approximate surface area is 116 Å². The Morgan fingerprint density at radius 3 is 2.44 bits per heavy atom. The normalized spacial score (nSPS) is 13.9. The van der Waals surface area contributed by atoms with E-state index < -0.39 is 0 Å². The van der Waals surface area contributed by atoms with Crippen LogP contribution in [0.25, 0.3) is 0 Å². The summed E-state index contributed by atoms with van der Waals surface area (Å²) in [7, 11) is 1.89. The van der Waals surface area contributed by atoms with E-state index in [1.165, 1.54) is 5.56 Å². The molecule has 3 nitrogen and oxygen atoms in total. The Morgan fingerprint density at radius 1 is 1.39 bits per heavy atom. The highest BCUT2D eigenvalue weighted by Crippen LogP contribution is 2.21. The Balaban J connectivity index is 2.45. The summed E-state index contributed by atoms with van der Waals surface area (Å²) in [4.78, 5) is 0. The van der Waals surface area contributed by atoms with Crippen molar-refractivity contribution in [1.29, 1.82) is 0 Å². The van der Waals surface area contributed by atoms with Crippen LogP contribution in [0.1, 0.15) is 45.4 Å². The van der Waals surface area contributed by atoms with Gasteiger partial charge in [0.25, 0.3) is 0 Å². The van der Waals surface area contributed by atoms with E-state index in [4.69, 9.17) is 11.6 Å². The third-order valence-electron chi connectivity index (χ3n) is 3.14. The number of hydrogen-bond donors (Lipinski definition) is 1. The molecular weight excluding hydrogens is 246 g/mol.